The summed E-state index contributed by atoms with van der Waals surface area (Å²) in [5.74, 6) is 0. The molecule has 9 aromatic carbocycles. The number of anilines is 6. The molecule has 260 valence electrons. The van der Waals surface area contributed by atoms with Crippen LogP contribution in [0.2, 0.25) is 0 Å². The fourth-order valence-corrected chi connectivity index (χ4v) is 8.84. The Labute approximate surface area is 321 Å². The second-order valence-electron chi connectivity index (χ2n) is 14.9. The molecule has 0 aromatic heterocycles. The van der Waals surface area contributed by atoms with Gasteiger partial charge in [-0.2, -0.15) is 5.26 Å². The topological polar surface area (TPSA) is 30.3 Å². The van der Waals surface area contributed by atoms with E-state index in [9.17, 15) is 5.26 Å². The molecule has 0 bridgehead atoms. The van der Waals surface area contributed by atoms with Gasteiger partial charge in [0, 0.05) is 39.5 Å². The van der Waals surface area contributed by atoms with E-state index in [0.29, 0.717) is 5.56 Å². The first-order valence-corrected chi connectivity index (χ1v) is 18.8. The van der Waals surface area contributed by atoms with Gasteiger partial charge in [-0.25, -0.2) is 0 Å². The Kier molecular flexibility index (Phi) is 7.54. The predicted octanol–water partition coefficient (Wildman–Crippen LogP) is 14.3. The van der Waals surface area contributed by atoms with Crippen LogP contribution in [-0.2, 0) is 5.41 Å². The van der Waals surface area contributed by atoms with Crippen molar-refractivity contribution in [1.29, 1.82) is 5.26 Å². The third-order valence-corrected chi connectivity index (χ3v) is 11.4. The second kappa shape index (κ2) is 12.8. The molecule has 55 heavy (non-hydrogen) atoms. The molecule has 0 spiro atoms. The van der Waals surface area contributed by atoms with Crippen molar-refractivity contribution in [2.45, 2.75) is 19.3 Å². The first-order valence-electron chi connectivity index (χ1n) is 18.8. The maximum absolute atomic E-state index is 9.52. The van der Waals surface area contributed by atoms with E-state index in [1.54, 1.807) is 0 Å². The van der Waals surface area contributed by atoms with E-state index in [-0.39, 0.29) is 5.41 Å². The lowest BCUT2D eigenvalue weighted by Crippen LogP contribution is -2.17. The van der Waals surface area contributed by atoms with E-state index >= 15 is 0 Å². The van der Waals surface area contributed by atoms with Gasteiger partial charge < -0.3 is 9.80 Å². The van der Waals surface area contributed by atoms with Crippen LogP contribution in [0.1, 0.15) is 30.5 Å². The minimum Gasteiger partial charge on any atom is -0.310 e. The Morgan fingerprint density at radius 3 is 1.65 bits per heavy atom. The van der Waals surface area contributed by atoms with Crippen molar-refractivity contribution < 1.29 is 0 Å². The van der Waals surface area contributed by atoms with Crippen molar-refractivity contribution in [3.8, 4) is 17.2 Å². The monoisotopic (exact) mass is 703 g/mol. The Morgan fingerprint density at radius 2 is 0.945 bits per heavy atom. The van der Waals surface area contributed by atoms with Gasteiger partial charge in [-0.3, -0.25) is 0 Å². The summed E-state index contributed by atoms with van der Waals surface area (Å²) in [5.41, 5.74) is 12.2. The van der Waals surface area contributed by atoms with Gasteiger partial charge in [0.05, 0.1) is 11.6 Å². The second-order valence-corrected chi connectivity index (χ2v) is 14.9. The molecule has 1 aliphatic rings. The fraction of sp³-hybridized carbons (Fsp3) is 0.0577. The lowest BCUT2D eigenvalue weighted by molar-refractivity contribution is 0.666. The number of rotatable bonds is 6. The van der Waals surface area contributed by atoms with Crippen LogP contribution >= 0.6 is 0 Å². The van der Waals surface area contributed by atoms with Crippen molar-refractivity contribution in [1.82, 2.24) is 0 Å². The highest BCUT2D eigenvalue weighted by Crippen LogP contribution is 2.56. The van der Waals surface area contributed by atoms with Crippen LogP contribution < -0.4 is 9.80 Å². The molecule has 0 unspecified atom stereocenters. The largest absolute Gasteiger partial charge is 0.310 e. The lowest BCUT2D eigenvalue weighted by atomic mass is 9.79. The van der Waals surface area contributed by atoms with Crippen LogP contribution in [0, 0.1) is 11.3 Å². The van der Waals surface area contributed by atoms with Crippen molar-refractivity contribution in [2.24, 2.45) is 0 Å². The van der Waals surface area contributed by atoms with E-state index in [0.717, 1.165) is 34.1 Å². The molecule has 0 amide bonds. The van der Waals surface area contributed by atoms with Crippen molar-refractivity contribution >= 4 is 66.4 Å². The molecule has 3 nitrogen and oxygen atoms in total. The van der Waals surface area contributed by atoms with Gasteiger partial charge in [-0.1, -0.05) is 117 Å². The molecule has 9 aromatic rings. The summed E-state index contributed by atoms with van der Waals surface area (Å²) in [6.07, 6.45) is 0. The van der Waals surface area contributed by atoms with Crippen molar-refractivity contribution in [3.05, 3.63) is 205 Å². The van der Waals surface area contributed by atoms with E-state index in [4.69, 9.17) is 0 Å². The molecule has 3 heteroatoms. The summed E-state index contributed by atoms with van der Waals surface area (Å²) < 4.78 is 0. The molecule has 0 N–H and O–H groups in total. The maximum atomic E-state index is 9.52. The highest BCUT2D eigenvalue weighted by Gasteiger charge is 2.39. The van der Waals surface area contributed by atoms with Gasteiger partial charge in [0.25, 0.3) is 0 Å². The van der Waals surface area contributed by atoms with Crippen LogP contribution in [0.3, 0.4) is 0 Å². The highest BCUT2D eigenvalue weighted by atomic mass is 15.1. The van der Waals surface area contributed by atoms with Crippen LogP contribution in [-0.4, -0.2) is 0 Å². The number of hydrogen-bond acceptors (Lipinski definition) is 3. The Bertz CT molecular complexity index is 2960. The minimum atomic E-state index is -0.283. The third kappa shape index (κ3) is 5.26. The molecular formula is C52H37N3. The normalized spacial score (nSPS) is 12.7. The molecular weight excluding hydrogens is 667 g/mol. The molecule has 0 atom stereocenters. The van der Waals surface area contributed by atoms with E-state index < -0.39 is 0 Å². The summed E-state index contributed by atoms with van der Waals surface area (Å²) in [6, 6.07) is 69.5. The first kappa shape index (κ1) is 32.5. The zero-order chi connectivity index (χ0) is 37.1. The lowest BCUT2D eigenvalue weighted by Gasteiger charge is -2.29. The number of nitrogens with zero attached hydrogens (tertiary/aromatic N) is 3. The molecule has 0 saturated carbocycles. The summed E-state index contributed by atoms with van der Waals surface area (Å²) in [6.45, 7) is 4.76. The van der Waals surface area contributed by atoms with Crippen LogP contribution in [0.25, 0.3) is 43.4 Å². The molecule has 0 aliphatic heterocycles. The van der Waals surface area contributed by atoms with Gasteiger partial charge in [-0.05, 0) is 140 Å². The van der Waals surface area contributed by atoms with Crippen LogP contribution in [0.5, 0.6) is 0 Å². The third-order valence-electron chi connectivity index (χ3n) is 11.4. The number of para-hydroxylation sites is 2. The van der Waals surface area contributed by atoms with Crippen molar-refractivity contribution in [2.75, 3.05) is 9.80 Å². The van der Waals surface area contributed by atoms with Crippen molar-refractivity contribution in [3.63, 3.8) is 0 Å². The standard InChI is InChI=1S/C52H37N3/c1-52(2)49-33-43(54(38-15-5-3-6-16-38)40-24-21-35(34-53)22-25-40)28-30-47(49)50-45-20-12-11-19-44(45)48-32-42(27-29-46(48)51(50)52)55(39-17-7-4-8-18-39)41-26-23-36-13-9-10-14-37(36)31-41/h3-33H,1-2H3. The van der Waals surface area contributed by atoms with Gasteiger partial charge >= 0.3 is 0 Å². The highest BCUT2D eigenvalue weighted by molar-refractivity contribution is 6.19. The Morgan fingerprint density at radius 1 is 0.418 bits per heavy atom. The van der Waals surface area contributed by atoms with Gasteiger partial charge in [0.2, 0.25) is 0 Å². The predicted molar refractivity (Wildman–Crippen MR) is 231 cm³/mol. The zero-order valence-corrected chi connectivity index (χ0v) is 30.7. The smallest absolute Gasteiger partial charge is 0.0991 e. The molecule has 1 aliphatic carbocycles. The van der Waals surface area contributed by atoms with E-state index in [2.05, 4.69) is 187 Å². The minimum absolute atomic E-state index is 0.283. The Balaban J connectivity index is 1.17. The summed E-state index contributed by atoms with van der Waals surface area (Å²) >= 11 is 0. The van der Waals surface area contributed by atoms with E-state index in [1.165, 1.54) is 54.6 Å². The van der Waals surface area contributed by atoms with Gasteiger partial charge in [0.1, 0.15) is 0 Å². The molecule has 0 heterocycles. The number of nitriles is 1. The Hall–Kier alpha value is -7.15. The fourth-order valence-electron chi connectivity index (χ4n) is 8.84. The van der Waals surface area contributed by atoms with Gasteiger partial charge in [0.15, 0.2) is 0 Å². The van der Waals surface area contributed by atoms with Gasteiger partial charge in [-0.15, -0.1) is 0 Å². The average molecular weight is 704 g/mol. The zero-order valence-electron chi connectivity index (χ0n) is 30.7. The summed E-state index contributed by atoms with van der Waals surface area (Å²) in [7, 11) is 0. The summed E-state index contributed by atoms with van der Waals surface area (Å²) in [4.78, 5) is 4.66. The number of fused-ring (bicyclic) bond motifs is 9. The molecule has 0 radical (unpaired) electrons. The number of hydrogen-bond donors (Lipinski definition) is 0. The molecule has 10 rings (SSSR count). The SMILES string of the molecule is CC1(C)c2cc(N(c3ccccc3)c3ccc(C#N)cc3)ccc2-c2c1c1ccc(N(c3ccccc3)c3ccc4ccccc4c3)cc1c1ccccc21. The van der Waals surface area contributed by atoms with E-state index in [1.807, 2.05) is 30.3 Å². The summed E-state index contributed by atoms with van der Waals surface area (Å²) in [5, 5.41) is 17.0. The number of benzene rings is 9. The average Bonchev–Trinajstić information content (AvgIpc) is 3.48. The quantitative estimate of drug-likeness (QED) is 0.162. The molecule has 0 saturated heterocycles. The maximum Gasteiger partial charge on any atom is 0.0991 e. The van der Waals surface area contributed by atoms with Crippen LogP contribution in [0.15, 0.2) is 188 Å². The molecule has 0 fully saturated rings. The first-order chi connectivity index (χ1) is 27.0. The van der Waals surface area contributed by atoms with Crippen LogP contribution in [0.4, 0.5) is 34.1 Å².